The molecule has 3 aromatic rings. The van der Waals surface area contributed by atoms with E-state index in [-0.39, 0.29) is 5.56 Å². The number of aromatic amines is 1. The van der Waals surface area contributed by atoms with Crippen molar-refractivity contribution in [2.75, 3.05) is 25.6 Å². The van der Waals surface area contributed by atoms with Crippen LogP contribution in [0.5, 0.6) is 0 Å². The minimum absolute atomic E-state index is 0.207. The van der Waals surface area contributed by atoms with E-state index < -0.39 is 0 Å². The molecule has 118 valence electrons. The van der Waals surface area contributed by atoms with E-state index in [1.807, 2.05) is 6.07 Å². The average Bonchev–Trinajstić information content (AvgIpc) is 2.98. The van der Waals surface area contributed by atoms with Crippen LogP contribution in [0.4, 0.5) is 5.69 Å². The van der Waals surface area contributed by atoms with E-state index in [4.69, 9.17) is 4.74 Å². The predicted octanol–water partition coefficient (Wildman–Crippen LogP) is 1.08. The highest BCUT2D eigenvalue weighted by atomic mass is 16.5. The van der Waals surface area contributed by atoms with Crippen LogP contribution < -0.4 is 10.9 Å². The minimum atomic E-state index is -0.207. The molecule has 0 aliphatic rings. The van der Waals surface area contributed by atoms with Crippen molar-refractivity contribution in [1.29, 1.82) is 0 Å². The van der Waals surface area contributed by atoms with Crippen molar-refractivity contribution in [3.05, 3.63) is 53.3 Å². The standard InChI is InChI=1S/C15H16N6O2/c1-23-6-5-17-12-7-14(20-18-9-12)21-15(22)13(10-19-21)11-3-2-4-16-8-11/h2-4,7-10,19H,5-6H2,1H3,(H,17,20). The van der Waals surface area contributed by atoms with Gasteiger partial charge in [0, 0.05) is 43.9 Å². The van der Waals surface area contributed by atoms with Gasteiger partial charge in [0.2, 0.25) is 0 Å². The molecule has 3 aromatic heterocycles. The number of methoxy groups -OCH3 is 1. The summed E-state index contributed by atoms with van der Waals surface area (Å²) in [5.74, 6) is 0.410. The van der Waals surface area contributed by atoms with E-state index in [0.29, 0.717) is 24.5 Å². The van der Waals surface area contributed by atoms with Gasteiger partial charge in [-0.05, 0) is 6.07 Å². The Morgan fingerprint density at radius 1 is 1.39 bits per heavy atom. The summed E-state index contributed by atoms with van der Waals surface area (Å²) in [6.07, 6.45) is 6.53. The lowest BCUT2D eigenvalue weighted by atomic mass is 10.2. The monoisotopic (exact) mass is 312 g/mol. The highest BCUT2D eigenvalue weighted by molar-refractivity contribution is 5.60. The first-order chi connectivity index (χ1) is 11.3. The fraction of sp³-hybridized carbons (Fsp3) is 0.200. The highest BCUT2D eigenvalue weighted by Crippen LogP contribution is 2.14. The molecule has 0 saturated heterocycles. The molecule has 0 unspecified atom stereocenters. The summed E-state index contributed by atoms with van der Waals surface area (Å²) >= 11 is 0. The summed E-state index contributed by atoms with van der Waals surface area (Å²) < 4.78 is 6.33. The van der Waals surface area contributed by atoms with Gasteiger partial charge in [-0.15, -0.1) is 5.10 Å². The van der Waals surface area contributed by atoms with Crippen LogP contribution in [0.15, 0.2) is 47.8 Å². The van der Waals surface area contributed by atoms with Gasteiger partial charge in [0.1, 0.15) is 0 Å². The van der Waals surface area contributed by atoms with E-state index in [1.54, 1.807) is 44.0 Å². The van der Waals surface area contributed by atoms with Gasteiger partial charge in [0.05, 0.1) is 24.1 Å². The third-order valence-corrected chi connectivity index (χ3v) is 3.25. The van der Waals surface area contributed by atoms with Crippen molar-refractivity contribution in [1.82, 2.24) is 25.0 Å². The third-order valence-electron chi connectivity index (χ3n) is 3.25. The van der Waals surface area contributed by atoms with Gasteiger partial charge in [-0.25, -0.2) is 0 Å². The molecule has 0 saturated carbocycles. The molecular formula is C15H16N6O2. The number of ether oxygens (including phenoxy) is 1. The van der Waals surface area contributed by atoms with Gasteiger partial charge in [-0.2, -0.15) is 9.78 Å². The molecular weight excluding hydrogens is 296 g/mol. The molecule has 3 heterocycles. The van der Waals surface area contributed by atoms with Gasteiger partial charge < -0.3 is 10.1 Å². The zero-order chi connectivity index (χ0) is 16.1. The van der Waals surface area contributed by atoms with Gasteiger partial charge in [-0.1, -0.05) is 6.07 Å². The van der Waals surface area contributed by atoms with E-state index >= 15 is 0 Å². The van der Waals surface area contributed by atoms with Crippen LogP contribution in [-0.2, 0) is 4.74 Å². The lowest BCUT2D eigenvalue weighted by Crippen LogP contribution is -2.18. The lowest BCUT2D eigenvalue weighted by molar-refractivity contribution is 0.211. The molecule has 8 nitrogen and oxygen atoms in total. The topological polar surface area (TPSA) is 97.7 Å². The zero-order valence-electron chi connectivity index (χ0n) is 12.6. The summed E-state index contributed by atoms with van der Waals surface area (Å²) in [4.78, 5) is 16.6. The molecule has 0 aliphatic heterocycles. The summed E-state index contributed by atoms with van der Waals surface area (Å²) in [6, 6.07) is 5.36. The van der Waals surface area contributed by atoms with Gasteiger partial charge in [-0.3, -0.25) is 14.9 Å². The lowest BCUT2D eigenvalue weighted by Gasteiger charge is -2.06. The molecule has 0 bridgehead atoms. The van der Waals surface area contributed by atoms with E-state index in [0.717, 1.165) is 11.3 Å². The Hall–Kier alpha value is -3.00. The van der Waals surface area contributed by atoms with Crippen LogP contribution in [-0.4, -0.2) is 45.2 Å². The number of hydrogen-bond donors (Lipinski definition) is 2. The van der Waals surface area contributed by atoms with Crippen molar-refractivity contribution in [3.63, 3.8) is 0 Å². The maximum atomic E-state index is 12.5. The molecule has 8 heteroatoms. The van der Waals surface area contributed by atoms with Crippen LogP contribution in [0.1, 0.15) is 0 Å². The first-order valence-corrected chi connectivity index (χ1v) is 7.06. The SMILES string of the molecule is COCCNc1cnnc(-n2[nH]cc(-c3cccnc3)c2=O)c1. The number of anilines is 1. The fourth-order valence-corrected chi connectivity index (χ4v) is 2.13. The van der Waals surface area contributed by atoms with Crippen molar-refractivity contribution in [3.8, 4) is 16.9 Å². The Bertz CT molecular complexity index is 827. The second-order valence-electron chi connectivity index (χ2n) is 4.79. The maximum Gasteiger partial charge on any atom is 0.280 e. The number of rotatable bonds is 6. The van der Waals surface area contributed by atoms with Gasteiger partial charge in [0.15, 0.2) is 5.82 Å². The van der Waals surface area contributed by atoms with Crippen LogP contribution in [0.25, 0.3) is 16.9 Å². The van der Waals surface area contributed by atoms with Gasteiger partial charge >= 0.3 is 0 Å². The summed E-state index contributed by atoms with van der Waals surface area (Å²) in [5.41, 5.74) is 1.82. The number of aromatic nitrogens is 5. The smallest absolute Gasteiger partial charge is 0.280 e. The fourth-order valence-electron chi connectivity index (χ4n) is 2.13. The Kier molecular flexibility index (Phi) is 4.44. The van der Waals surface area contributed by atoms with Crippen LogP contribution >= 0.6 is 0 Å². The zero-order valence-corrected chi connectivity index (χ0v) is 12.6. The first kappa shape index (κ1) is 14.9. The van der Waals surface area contributed by atoms with Crippen molar-refractivity contribution in [2.24, 2.45) is 0 Å². The number of nitrogens with zero attached hydrogens (tertiary/aromatic N) is 4. The molecule has 0 fully saturated rings. The Morgan fingerprint density at radius 2 is 2.30 bits per heavy atom. The quantitative estimate of drug-likeness (QED) is 0.661. The van der Waals surface area contributed by atoms with E-state index in [1.165, 1.54) is 4.68 Å². The molecule has 0 spiro atoms. The second kappa shape index (κ2) is 6.84. The molecule has 23 heavy (non-hydrogen) atoms. The Labute approximate surface area is 132 Å². The third kappa shape index (κ3) is 3.27. The Balaban J connectivity index is 1.90. The predicted molar refractivity (Wildman–Crippen MR) is 85.6 cm³/mol. The normalized spacial score (nSPS) is 10.7. The largest absolute Gasteiger partial charge is 0.383 e. The number of pyridine rings is 1. The number of H-pyrrole nitrogens is 1. The van der Waals surface area contributed by atoms with E-state index in [2.05, 4.69) is 25.6 Å². The number of hydrogen-bond acceptors (Lipinski definition) is 6. The van der Waals surface area contributed by atoms with Crippen molar-refractivity contribution < 1.29 is 4.74 Å². The molecule has 3 rings (SSSR count). The number of nitrogens with one attached hydrogen (secondary N) is 2. The van der Waals surface area contributed by atoms with Gasteiger partial charge in [0.25, 0.3) is 5.56 Å². The molecule has 0 radical (unpaired) electrons. The second-order valence-corrected chi connectivity index (χ2v) is 4.79. The van der Waals surface area contributed by atoms with E-state index in [9.17, 15) is 4.79 Å². The summed E-state index contributed by atoms with van der Waals surface area (Å²) in [6.45, 7) is 1.22. The molecule has 0 aromatic carbocycles. The van der Waals surface area contributed by atoms with Crippen LogP contribution in [0.2, 0.25) is 0 Å². The minimum Gasteiger partial charge on any atom is -0.383 e. The summed E-state index contributed by atoms with van der Waals surface area (Å²) in [7, 11) is 1.64. The van der Waals surface area contributed by atoms with Crippen LogP contribution in [0, 0.1) is 0 Å². The van der Waals surface area contributed by atoms with Crippen molar-refractivity contribution >= 4 is 5.69 Å². The molecule has 0 atom stereocenters. The Morgan fingerprint density at radius 3 is 3.09 bits per heavy atom. The first-order valence-electron chi connectivity index (χ1n) is 7.06. The highest BCUT2D eigenvalue weighted by Gasteiger charge is 2.11. The average molecular weight is 312 g/mol. The van der Waals surface area contributed by atoms with Crippen LogP contribution in [0.3, 0.4) is 0 Å². The maximum absolute atomic E-state index is 12.5. The molecule has 0 aliphatic carbocycles. The molecule has 2 N–H and O–H groups in total. The summed E-state index contributed by atoms with van der Waals surface area (Å²) in [5, 5.41) is 14.0. The van der Waals surface area contributed by atoms with Crippen molar-refractivity contribution in [2.45, 2.75) is 0 Å². The molecule has 0 amide bonds.